The Hall–Kier alpha value is -2.44. The molecule has 0 unspecified atom stereocenters. The monoisotopic (exact) mass is 425 g/mol. The van der Waals surface area contributed by atoms with Crippen LogP contribution in [0.3, 0.4) is 0 Å². The van der Waals surface area contributed by atoms with Gasteiger partial charge in [-0.05, 0) is 76.3 Å². The lowest BCUT2D eigenvalue weighted by molar-refractivity contribution is -0.158. The maximum atomic E-state index is 13.1. The van der Waals surface area contributed by atoms with Gasteiger partial charge >= 0.3 is 0 Å². The second kappa shape index (κ2) is 7.36. The number of rotatable bonds is 4. The number of carbonyl (C=O) groups excluding carboxylic acids is 1. The van der Waals surface area contributed by atoms with Gasteiger partial charge in [-0.15, -0.1) is 0 Å². The number of carbonyl (C=O) groups is 1. The van der Waals surface area contributed by atoms with Gasteiger partial charge in [0.2, 0.25) is 0 Å². The standard InChI is InChI=1S/C24H27NO4S/c1-6-14-13-15(28-22-25-17-9-7-8-10-18(17)30-22)11-12-16(14)19-20(26)23(2,3)29-24(4,5)21(19)27/h8,10-13,26H,6-7,9H2,1-5H3. The molecule has 0 saturated heterocycles. The predicted molar refractivity (Wildman–Crippen MR) is 119 cm³/mol. The number of ether oxygens (including phenoxy) is 2. The van der Waals surface area contributed by atoms with Crippen molar-refractivity contribution in [2.24, 2.45) is 0 Å². The van der Waals surface area contributed by atoms with Crippen LogP contribution in [0.25, 0.3) is 11.6 Å². The first-order chi connectivity index (χ1) is 14.1. The van der Waals surface area contributed by atoms with Crippen molar-refractivity contribution in [3.63, 3.8) is 0 Å². The minimum Gasteiger partial charge on any atom is -0.508 e. The minimum absolute atomic E-state index is 0.0328. The SMILES string of the molecule is CCc1cc(Oc2nc3c(s2)C=CCC3)ccc1C1=C(O)C(C)(C)OC(C)(C)C1=O. The number of aryl methyl sites for hydroxylation is 2. The summed E-state index contributed by atoms with van der Waals surface area (Å²) in [5.74, 6) is 0.417. The van der Waals surface area contributed by atoms with E-state index in [-0.39, 0.29) is 11.5 Å². The van der Waals surface area contributed by atoms with Crippen LogP contribution in [0.2, 0.25) is 0 Å². The molecule has 2 heterocycles. The van der Waals surface area contributed by atoms with Crippen molar-refractivity contribution in [1.29, 1.82) is 0 Å². The normalized spacial score (nSPS) is 19.7. The minimum atomic E-state index is -1.02. The zero-order valence-electron chi connectivity index (χ0n) is 18.0. The number of aromatic nitrogens is 1. The molecule has 1 aliphatic heterocycles. The van der Waals surface area contributed by atoms with Crippen molar-refractivity contribution in [2.75, 3.05) is 0 Å². The Kier molecular flexibility index (Phi) is 5.11. The van der Waals surface area contributed by atoms with E-state index < -0.39 is 11.2 Å². The summed E-state index contributed by atoms with van der Waals surface area (Å²) in [5.41, 5.74) is 1.10. The summed E-state index contributed by atoms with van der Waals surface area (Å²) < 4.78 is 11.9. The number of fused-ring (bicyclic) bond motifs is 1. The second-order valence-corrected chi connectivity index (χ2v) is 9.67. The van der Waals surface area contributed by atoms with E-state index in [1.54, 1.807) is 27.7 Å². The zero-order valence-corrected chi connectivity index (χ0v) is 18.9. The lowest BCUT2D eigenvalue weighted by Crippen LogP contribution is -2.49. The van der Waals surface area contributed by atoms with Gasteiger partial charge in [-0.1, -0.05) is 30.4 Å². The largest absolute Gasteiger partial charge is 0.508 e. The highest BCUT2D eigenvalue weighted by Gasteiger charge is 2.47. The molecular formula is C24H27NO4S. The summed E-state index contributed by atoms with van der Waals surface area (Å²) in [5, 5.41) is 11.5. The molecular weight excluding hydrogens is 398 g/mol. The molecule has 0 bridgehead atoms. The molecule has 1 N–H and O–H groups in total. The lowest BCUT2D eigenvalue weighted by Gasteiger charge is -2.40. The van der Waals surface area contributed by atoms with Crippen LogP contribution in [0.4, 0.5) is 0 Å². The number of Topliss-reactive ketones (excluding diaryl/α,β-unsaturated/α-hetero) is 1. The van der Waals surface area contributed by atoms with Gasteiger partial charge in [0.1, 0.15) is 22.7 Å². The van der Waals surface area contributed by atoms with Gasteiger partial charge in [-0.3, -0.25) is 4.79 Å². The molecule has 158 valence electrons. The van der Waals surface area contributed by atoms with Crippen molar-refractivity contribution < 1.29 is 19.4 Å². The number of aliphatic hydroxyl groups is 1. The molecule has 2 aromatic rings. The Morgan fingerprint density at radius 1 is 1.23 bits per heavy atom. The third-order valence-corrected chi connectivity index (χ3v) is 6.49. The van der Waals surface area contributed by atoms with Crippen LogP contribution in [0.5, 0.6) is 10.9 Å². The Morgan fingerprint density at radius 2 is 2.00 bits per heavy atom. The Morgan fingerprint density at radius 3 is 2.70 bits per heavy atom. The smallest absolute Gasteiger partial charge is 0.279 e. The van der Waals surface area contributed by atoms with Crippen molar-refractivity contribution in [2.45, 2.75) is 65.1 Å². The van der Waals surface area contributed by atoms with E-state index in [9.17, 15) is 9.90 Å². The fourth-order valence-corrected chi connectivity index (χ4v) is 4.98. The quantitative estimate of drug-likeness (QED) is 0.662. The second-order valence-electron chi connectivity index (χ2n) is 8.68. The van der Waals surface area contributed by atoms with E-state index in [0.717, 1.165) is 34.5 Å². The maximum absolute atomic E-state index is 13.1. The van der Waals surface area contributed by atoms with E-state index in [1.165, 1.54) is 11.3 Å². The van der Waals surface area contributed by atoms with E-state index in [1.807, 2.05) is 25.1 Å². The first kappa shape index (κ1) is 20.8. The van der Waals surface area contributed by atoms with Crippen LogP contribution >= 0.6 is 11.3 Å². The van der Waals surface area contributed by atoms with Gasteiger partial charge < -0.3 is 14.6 Å². The molecule has 0 radical (unpaired) electrons. The maximum Gasteiger partial charge on any atom is 0.279 e. The number of thiazole rings is 1. The van der Waals surface area contributed by atoms with Crippen molar-refractivity contribution in [3.8, 4) is 10.9 Å². The van der Waals surface area contributed by atoms with Crippen molar-refractivity contribution in [1.82, 2.24) is 4.98 Å². The zero-order chi connectivity index (χ0) is 21.7. The average Bonchev–Trinajstić information content (AvgIpc) is 3.09. The fourth-order valence-electron chi connectivity index (χ4n) is 4.07. The Bertz CT molecular complexity index is 1070. The number of benzene rings is 1. The van der Waals surface area contributed by atoms with Crippen molar-refractivity contribution in [3.05, 3.63) is 51.7 Å². The number of hydrogen-bond acceptors (Lipinski definition) is 6. The number of hydrogen-bond donors (Lipinski definition) is 1. The molecule has 5 nitrogen and oxygen atoms in total. The third-order valence-electron chi connectivity index (χ3n) is 5.55. The van der Waals surface area contributed by atoms with Crippen LogP contribution in [-0.2, 0) is 22.4 Å². The van der Waals surface area contributed by atoms with Crippen molar-refractivity contribution >= 4 is 28.8 Å². The number of aliphatic hydroxyl groups excluding tert-OH is 1. The molecule has 30 heavy (non-hydrogen) atoms. The highest BCUT2D eigenvalue weighted by Crippen LogP contribution is 2.42. The number of allylic oxidation sites excluding steroid dienone is 1. The molecule has 0 amide bonds. The summed E-state index contributed by atoms with van der Waals surface area (Å²) >= 11 is 1.54. The predicted octanol–water partition coefficient (Wildman–Crippen LogP) is 5.88. The molecule has 0 spiro atoms. The molecule has 1 aromatic carbocycles. The molecule has 1 aromatic heterocycles. The highest BCUT2D eigenvalue weighted by atomic mass is 32.1. The summed E-state index contributed by atoms with van der Waals surface area (Å²) in [6.45, 7) is 9.06. The van der Waals surface area contributed by atoms with E-state index in [2.05, 4.69) is 17.1 Å². The van der Waals surface area contributed by atoms with Crippen LogP contribution in [0.1, 0.15) is 62.7 Å². The summed E-state index contributed by atoms with van der Waals surface area (Å²) in [6.07, 6.45) is 6.89. The number of nitrogens with zero attached hydrogens (tertiary/aromatic N) is 1. The van der Waals surface area contributed by atoms with Crippen LogP contribution < -0.4 is 4.74 Å². The van der Waals surface area contributed by atoms with Crippen LogP contribution in [-0.4, -0.2) is 27.1 Å². The highest BCUT2D eigenvalue weighted by molar-refractivity contribution is 7.14. The first-order valence-electron chi connectivity index (χ1n) is 10.3. The summed E-state index contributed by atoms with van der Waals surface area (Å²) in [4.78, 5) is 18.9. The summed E-state index contributed by atoms with van der Waals surface area (Å²) in [7, 11) is 0. The average molecular weight is 426 g/mol. The van der Waals surface area contributed by atoms with E-state index in [0.29, 0.717) is 22.9 Å². The first-order valence-corrected chi connectivity index (χ1v) is 11.1. The molecule has 0 saturated carbocycles. The van der Waals surface area contributed by atoms with Gasteiger partial charge in [0, 0.05) is 0 Å². The molecule has 2 aliphatic rings. The number of ketones is 1. The summed E-state index contributed by atoms with van der Waals surface area (Å²) in [6, 6.07) is 5.60. The molecule has 4 rings (SSSR count). The Balaban J connectivity index is 1.71. The van der Waals surface area contributed by atoms with E-state index in [4.69, 9.17) is 9.47 Å². The van der Waals surface area contributed by atoms with Gasteiger partial charge in [0.15, 0.2) is 5.78 Å². The van der Waals surface area contributed by atoms with Gasteiger partial charge in [0.25, 0.3) is 5.19 Å². The lowest BCUT2D eigenvalue weighted by atomic mass is 9.81. The third kappa shape index (κ3) is 3.59. The van der Waals surface area contributed by atoms with Crippen LogP contribution in [0.15, 0.2) is 30.0 Å². The topological polar surface area (TPSA) is 68.7 Å². The van der Waals surface area contributed by atoms with Gasteiger partial charge in [0.05, 0.1) is 16.1 Å². The molecule has 6 heteroatoms. The molecule has 1 aliphatic carbocycles. The van der Waals surface area contributed by atoms with Crippen LogP contribution in [0, 0.1) is 0 Å². The van der Waals surface area contributed by atoms with Gasteiger partial charge in [-0.2, -0.15) is 0 Å². The van der Waals surface area contributed by atoms with Gasteiger partial charge in [-0.25, -0.2) is 4.98 Å². The Labute approximate surface area is 181 Å². The van der Waals surface area contributed by atoms with E-state index >= 15 is 0 Å². The molecule has 0 fully saturated rings. The molecule has 0 atom stereocenters. The fraction of sp³-hybridized carbons (Fsp3) is 0.417.